The summed E-state index contributed by atoms with van der Waals surface area (Å²) in [6, 6.07) is 7.96. The third-order valence-corrected chi connectivity index (χ3v) is 5.04. The van der Waals surface area contributed by atoms with Crippen molar-refractivity contribution in [3.05, 3.63) is 34.7 Å². The largest absolute Gasteiger partial charge is 0.465 e. The van der Waals surface area contributed by atoms with Crippen molar-refractivity contribution in [3.63, 3.8) is 0 Å². The first-order chi connectivity index (χ1) is 10.3. The molecule has 2 aromatic rings. The number of thiophene rings is 1. The predicted molar refractivity (Wildman–Crippen MR) is 86.6 cm³/mol. The Morgan fingerprint density at radius 3 is 2.86 bits per heavy atom. The maximum Gasteiger partial charge on any atom is 0.348 e. The molecule has 1 heterocycles. The topological polar surface area (TPSA) is 26.3 Å². The molecule has 0 atom stereocenters. The summed E-state index contributed by atoms with van der Waals surface area (Å²) in [4.78, 5) is 12.3. The number of ether oxygens (including phenoxy) is 1. The van der Waals surface area contributed by atoms with Gasteiger partial charge in [0.2, 0.25) is 0 Å². The third kappa shape index (κ3) is 3.11. The average molecular weight is 298 g/mol. The molecule has 1 aliphatic carbocycles. The second-order valence-electron chi connectivity index (χ2n) is 5.42. The van der Waals surface area contributed by atoms with Crippen LogP contribution in [0.4, 0.5) is 0 Å². The predicted octanol–water partition coefficient (Wildman–Crippen LogP) is 4.62. The Balaban J connectivity index is 1.93. The number of hydrogen-bond donors (Lipinski definition) is 0. The second kappa shape index (κ2) is 6.32. The van der Waals surface area contributed by atoms with E-state index in [1.807, 2.05) is 24.3 Å². The Morgan fingerprint density at radius 2 is 2.10 bits per heavy atom. The molecule has 1 aliphatic rings. The lowest BCUT2D eigenvalue weighted by Gasteiger charge is -2.15. The fourth-order valence-corrected chi connectivity index (χ4v) is 3.80. The Labute approximate surface area is 129 Å². The van der Waals surface area contributed by atoms with Crippen LogP contribution < -0.4 is 0 Å². The van der Waals surface area contributed by atoms with Crippen molar-refractivity contribution in [2.45, 2.75) is 32.1 Å². The van der Waals surface area contributed by atoms with E-state index in [4.69, 9.17) is 4.74 Å². The minimum absolute atomic E-state index is 0.276. The van der Waals surface area contributed by atoms with E-state index in [-0.39, 0.29) is 5.97 Å². The summed E-state index contributed by atoms with van der Waals surface area (Å²) in [6.45, 7) is 0. The molecule has 0 spiro atoms. The van der Waals surface area contributed by atoms with Gasteiger partial charge in [-0.05, 0) is 31.0 Å². The number of hydrogen-bond acceptors (Lipinski definition) is 3. The molecule has 3 rings (SSSR count). The molecule has 0 aliphatic heterocycles. The zero-order valence-electron chi connectivity index (χ0n) is 12.1. The molecule has 0 unspecified atom stereocenters. The third-order valence-electron chi connectivity index (χ3n) is 3.96. The highest BCUT2D eigenvalue weighted by Gasteiger charge is 2.13. The van der Waals surface area contributed by atoms with E-state index in [1.165, 1.54) is 50.6 Å². The SMILES string of the molecule is COC(=O)c1cc2c(C#CC3CCCCC3)cccc2s1. The Hall–Kier alpha value is -1.79. The lowest BCUT2D eigenvalue weighted by Crippen LogP contribution is -2.03. The van der Waals surface area contributed by atoms with Gasteiger partial charge in [-0.1, -0.05) is 37.2 Å². The normalized spacial score (nSPS) is 15.5. The Kier molecular flexibility index (Phi) is 4.26. The fraction of sp³-hybridized carbons (Fsp3) is 0.389. The maximum atomic E-state index is 11.7. The van der Waals surface area contributed by atoms with Gasteiger partial charge in [-0.3, -0.25) is 0 Å². The van der Waals surface area contributed by atoms with Crippen LogP contribution in [-0.4, -0.2) is 13.1 Å². The van der Waals surface area contributed by atoms with Crippen LogP contribution in [0.5, 0.6) is 0 Å². The smallest absolute Gasteiger partial charge is 0.348 e. The zero-order chi connectivity index (χ0) is 14.7. The van der Waals surface area contributed by atoms with Crippen LogP contribution in [0.1, 0.15) is 47.3 Å². The Bertz CT molecular complexity index is 712. The minimum Gasteiger partial charge on any atom is -0.465 e. The Morgan fingerprint density at radius 1 is 1.29 bits per heavy atom. The van der Waals surface area contributed by atoms with Crippen molar-refractivity contribution in [1.82, 2.24) is 0 Å². The standard InChI is InChI=1S/C18H18O2S/c1-20-18(19)17-12-15-14(8-5-9-16(15)21-17)11-10-13-6-3-2-4-7-13/h5,8-9,12-13H,2-4,6-7H2,1H3. The molecule has 0 amide bonds. The van der Waals surface area contributed by atoms with Crippen LogP contribution in [-0.2, 0) is 4.74 Å². The molecule has 2 nitrogen and oxygen atoms in total. The molecule has 1 aromatic carbocycles. The van der Waals surface area contributed by atoms with E-state index in [0.29, 0.717) is 10.8 Å². The zero-order valence-corrected chi connectivity index (χ0v) is 13.0. The summed E-state index contributed by atoms with van der Waals surface area (Å²) in [6.07, 6.45) is 6.39. The number of carbonyl (C=O) groups is 1. The molecule has 1 fully saturated rings. The molecule has 1 saturated carbocycles. The lowest BCUT2D eigenvalue weighted by atomic mass is 9.89. The van der Waals surface area contributed by atoms with Gasteiger partial charge < -0.3 is 4.74 Å². The van der Waals surface area contributed by atoms with E-state index in [1.54, 1.807) is 0 Å². The van der Waals surface area contributed by atoms with Gasteiger partial charge in [-0.15, -0.1) is 11.3 Å². The number of benzene rings is 1. The molecule has 0 N–H and O–H groups in total. The molecule has 3 heteroatoms. The molecule has 0 saturated heterocycles. The van der Waals surface area contributed by atoms with Crippen LogP contribution in [0.25, 0.3) is 10.1 Å². The molecule has 1 aromatic heterocycles. The van der Waals surface area contributed by atoms with E-state index < -0.39 is 0 Å². The van der Waals surface area contributed by atoms with Crippen molar-refractivity contribution in [2.24, 2.45) is 5.92 Å². The van der Waals surface area contributed by atoms with Gasteiger partial charge in [-0.25, -0.2) is 4.79 Å². The number of fused-ring (bicyclic) bond motifs is 1. The molecular weight excluding hydrogens is 280 g/mol. The van der Waals surface area contributed by atoms with Gasteiger partial charge >= 0.3 is 5.97 Å². The van der Waals surface area contributed by atoms with Crippen molar-refractivity contribution >= 4 is 27.4 Å². The lowest BCUT2D eigenvalue weighted by molar-refractivity contribution is 0.0606. The van der Waals surface area contributed by atoms with Gasteiger partial charge in [0.05, 0.1) is 7.11 Å². The van der Waals surface area contributed by atoms with Gasteiger partial charge in [0.15, 0.2) is 0 Å². The summed E-state index contributed by atoms with van der Waals surface area (Å²) in [7, 11) is 1.41. The molecule has 21 heavy (non-hydrogen) atoms. The van der Waals surface area contributed by atoms with Crippen LogP contribution in [0.2, 0.25) is 0 Å². The van der Waals surface area contributed by atoms with Crippen LogP contribution in [0.15, 0.2) is 24.3 Å². The fourth-order valence-electron chi connectivity index (χ4n) is 2.80. The van der Waals surface area contributed by atoms with Crippen LogP contribution >= 0.6 is 11.3 Å². The van der Waals surface area contributed by atoms with E-state index >= 15 is 0 Å². The van der Waals surface area contributed by atoms with Crippen molar-refractivity contribution in [2.75, 3.05) is 7.11 Å². The quantitative estimate of drug-likeness (QED) is 0.567. The van der Waals surface area contributed by atoms with Gasteiger partial charge in [0.25, 0.3) is 0 Å². The molecule has 108 valence electrons. The second-order valence-corrected chi connectivity index (χ2v) is 6.51. The number of carbonyl (C=O) groups excluding carboxylic acids is 1. The van der Waals surface area contributed by atoms with E-state index in [2.05, 4.69) is 11.8 Å². The van der Waals surface area contributed by atoms with Crippen molar-refractivity contribution in [3.8, 4) is 11.8 Å². The maximum absolute atomic E-state index is 11.7. The van der Waals surface area contributed by atoms with Crippen molar-refractivity contribution in [1.29, 1.82) is 0 Å². The summed E-state index contributed by atoms with van der Waals surface area (Å²) in [5.41, 5.74) is 1.02. The van der Waals surface area contributed by atoms with Gasteiger partial charge in [0, 0.05) is 21.6 Å². The molecular formula is C18H18O2S. The number of esters is 1. The van der Waals surface area contributed by atoms with Crippen LogP contribution in [0.3, 0.4) is 0 Å². The first-order valence-electron chi connectivity index (χ1n) is 7.40. The first-order valence-corrected chi connectivity index (χ1v) is 8.22. The first kappa shape index (κ1) is 14.2. The highest BCUT2D eigenvalue weighted by Crippen LogP contribution is 2.29. The highest BCUT2D eigenvalue weighted by atomic mass is 32.1. The van der Waals surface area contributed by atoms with Gasteiger partial charge in [-0.2, -0.15) is 0 Å². The highest BCUT2D eigenvalue weighted by molar-refractivity contribution is 7.20. The van der Waals surface area contributed by atoms with E-state index in [9.17, 15) is 4.79 Å². The van der Waals surface area contributed by atoms with Gasteiger partial charge in [0.1, 0.15) is 4.88 Å². The van der Waals surface area contributed by atoms with E-state index in [0.717, 1.165) is 15.6 Å². The molecule has 0 bridgehead atoms. The monoisotopic (exact) mass is 298 g/mol. The summed E-state index contributed by atoms with van der Waals surface area (Å²) in [5, 5.41) is 1.06. The number of rotatable bonds is 1. The average Bonchev–Trinajstić information content (AvgIpc) is 2.97. The number of methoxy groups -OCH3 is 1. The minimum atomic E-state index is -0.276. The summed E-state index contributed by atoms with van der Waals surface area (Å²) in [5.74, 6) is 7.01. The van der Waals surface area contributed by atoms with Crippen LogP contribution in [0, 0.1) is 17.8 Å². The molecule has 0 radical (unpaired) electrons. The van der Waals surface area contributed by atoms with Crippen molar-refractivity contribution < 1.29 is 9.53 Å². The summed E-state index contributed by atoms with van der Waals surface area (Å²) < 4.78 is 5.89. The summed E-state index contributed by atoms with van der Waals surface area (Å²) >= 11 is 1.46.